The fourth-order valence-electron chi connectivity index (χ4n) is 2.68. The van der Waals surface area contributed by atoms with Crippen LogP contribution in [0, 0.1) is 5.82 Å². The van der Waals surface area contributed by atoms with Crippen molar-refractivity contribution in [1.82, 2.24) is 10.2 Å². The maximum atomic E-state index is 13.7. The molecular formula is C15H20FN3O. The molecule has 1 aliphatic carbocycles. The molecule has 108 valence electrons. The highest BCUT2D eigenvalue weighted by Gasteiger charge is 2.26. The molecule has 0 atom stereocenters. The third kappa shape index (κ3) is 2.71. The van der Waals surface area contributed by atoms with Crippen molar-refractivity contribution in [3.05, 3.63) is 30.1 Å². The summed E-state index contributed by atoms with van der Waals surface area (Å²) in [6.45, 7) is 2.65. The average Bonchev–Trinajstić information content (AvgIpc) is 2.43. The molecular weight excluding hydrogens is 257 g/mol. The third-order valence-electron chi connectivity index (χ3n) is 4.19. The van der Waals surface area contributed by atoms with Crippen molar-refractivity contribution in [2.24, 2.45) is 0 Å². The lowest BCUT2D eigenvalue weighted by Gasteiger charge is -2.37. The fourth-order valence-corrected chi connectivity index (χ4v) is 2.68. The minimum atomic E-state index is -0.195. The van der Waals surface area contributed by atoms with E-state index in [9.17, 15) is 9.18 Å². The number of carbonyl (C=O) groups excluding carboxylic acids is 1. The first-order valence-corrected chi connectivity index (χ1v) is 7.29. The Morgan fingerprint density at radius 3 is 2.45 bits per heavy atom. The molecule has 1 saturated carbocycles. The van der Waals surface area contributed by atoms with E-state index in [0.717, 1.165) is 12.8 Å². The van der Waals surface area contributed by atoms with E-state index in [0.29, 0.717) is 37.9 Å². The Bertz CT molecular complexity index is 482. The van der Waals surface area contributed by atoms with Crippen LogP contribution in [0.5, 0.6) is 0 Å². The number of anilines is 1. The predicted octanol–water partition coefficient (Wildman–Crippen LogP) is 2.21. The van der Waals surface area contributed by atoms with Crippen LogP contribution < -0.4 is 10.2 Å². The summed E-state index contributed by atoms with van der Waals surface area (Å²) >= 11 is 0. The van der Waals surface area contributed by atoms with E-state index in [1.54, 1.807) is 12.1 Å². The first kappa shape index (κ1) is 13.2. The van der Waals surface area contributed by atoms with Crippen molar-refractivity contribution in [2.45, 2.75) is 25.3 Å². The summed E-state index contributed by atoms with van der Waals surface area (Å²) in [5.41, 5.74) is 0.631. The van der Waals surface area contributed by atoms with Crippen LogP contribution in [0.1, 0.15) is 19.3 Å². The Morgan fingerprint density at radius 1 is 1.15 bits per heavy atom. The molecule has 1 N–H and O–H groups in total. The summed E-state index contributed by atoms with van der Waals surface area (Å²) in [6, 6.07) is 7.20. The van der Waals surface area contributed by atoms with E-state index in [1.807, 2.05) is 15.9 Å². The van der Waals surface area contributed by atoms with E-state index in [-0.39, 0.29) is 11.8 Å². The van der Waals surface area contributed by atoms with E-state index < -0.39 is 0 Å². The zero-order valence-electron chi connectivity index (χ0n) is 11.5. The summed E-state index contributed by atoms with van der Waals surface area (Å²) in [5, 5.41) is 3.05. The molecule has 0 unspecified atom stereocenters. The number of para-hydroxylation sites is 1. The van der Waals surface area contributed by atoms with Crippen LogP contribution in [0.25, 0.3) is 0 Å². The monoisotopic (exact) mass is 277 g/mol. The number of nitrogens with one attached hydrogen (secondary N) is 1. The summed E-state index contributed by atoms with van der Waals surface area (Å²) in [6.07, 6.45) is 3.41. The standard InChI is InChI=1S/C15H20FN3O/c16-13-6-1-2-7-14(13)18-8-10-19(11-9-18)15(20)17-12-4-3-5-12/h1-2,6-7,12H,3-5,8-11H2,(H,17,20). The lowest BCUT2D eigenvalue weighted by Crippen LogP contribution is -2.54. The van der Waals surface area contributed by atoms with Gasteiger partial charge in [-0.15, -0.1) is 0 Å². The average molecular weight is 277 g/mol. The Labute approximate surface area is 118 Å². The highest BCUT2D eigenvalue weighted by atomic mass is 19.1. The highest BCUT2D eigenvalue weighted by molar-refractivity contribution is 5.75. The second-order valence-electron chi connectivity index (χ2n) is 5.50. The molecule has 0 bridgehead atoms. The first-order valence-electron chi connectivity index (χ1n) is 7.29. The molecule has 2 amide bonds. The molecule has 1 saturated heterocycles. The van der Waals surface area contributed by atoms with Crippen LogP contribution in [-0.4, -0.2) is 43.2 Å². The number of piperazine rings is 1. The van der Waals surface area contributed by atoms with Gasteiger partial charge in [-0.25, -0.2) is 9.18 Å². The van der Waals surface area contributed by atoms with Gasteiger partial charge in [0.2, 0.25) is 0 Å². The van der Waals surface area contributed by atoms with Gasteiger partial charge in [0.05, 0.1) is 5.69 Å². The minimum absolute atomic E-state index is 0.0304. The molecule has 1 aliphatic heterocycles. The molecule has 0 spiro atoms. The second kappa shape index (κ2) is 5.69. The van der Waals surface area contributed by atoms with Gasteiger partial charge in [0, 0.05) is 32.2 Å². The van der Waals surface area contributed by atoms with Crippen molar-refractivity contribution >= 4 is 11.7 Å². The van der Waals surface area contributed by atoms with Gasteiger partial charge in [-0.2, -0.15) is 0 Å². The molecule has 3 rings (SSSR count). The third-order valence-corrected chi connectivity index (χ3v) is 4.19. The Hall–Kier alpha value is -1.78. The largest absolute Gasteiger partial charge is 0.366 e. The smallest absolute Gasteiger partial charge is 0.317 e. The zero-order valence-corrected chi connectivity index (χ0v) is 11.5. The summed E-state index contributed by atoms with van der Waals surface area (Å²) < 4.78 is 13.7. The SMILES string of the molecule is O=C(NC1CCC1)N1CCN(c2ccccc2F)CC1. The topological polar surface area (TPSA) is 35.6 Å². The molecule has 4 nitrogen and oxygen atoms in total. The lowest BCUT2D eigenvalue weighted by atomic mass is 9.93. The Balaban J connectivity index is 1.54. The van der Waals surface area contributed by atoms with Gasteiger partial charge in [-0.3, -0.25) is 0 Å². The van der Waals surface area contributed by atoms with Gasteiger partial charge >= 0.3 is 6.03 Å². The van der Waals surface area contributed by atoms with Gasteiger partial charge in [0.1, 0.15) is 5.82 Å². The maximum absolute atomic E-state index is 13.7. The number of rotatable bonds is 2. The molecule has 1 heterocycles. The Morgan fingerprint density at radius 2 is 1.85 bits per heavy atom. The summed E-state index contributed by atoms with van der Waals surface area (Å²) in [7, 11) is 0. The Kier molecular flexibility index (Phi) is 3.76. The number of benzene rings is 1. The van der Waals surface area contributed by atoms with E-state index in [2.05, 4.69) is 5.32 Å². The van der Waals surface area contributed by atoms with E-state index in [1.165, 1.54) is 12.5 Å². The van der Waals surface area contributed by atoms with Crippen molar-refractivity contribution in [1.29, 1.82) is 0 Å². The van der Waals surface area contributed by atoms with Crippen LogP contribution in [0.15, 0.2) is 24.3 Å². The normalized spacial score (nSPS) is 19.6. The maximum Gasteiger partial charge on any atom is 0.317 e. The van der Waals surface area contributed by atoms with Gasteiger partial charge in [-0.1, -0.05) is 12.1 Å². The molecule has 20 heavy (non-hydrogen) atoms. The van der Waals surface area contributed by atoms with Crippen LogP contribution in [0.2, 0.25) is 0 Å². The zero-order chi connectivity index (χ0) is 13.9. The molecule has 1 aromatic carbocycles. The van der Waals surface area contributed by atoms with Gasteiger partial charge in [-0.05, 0) is 31.4 Å². The minimum Gasteiger partial charge on any atom is -0.366 e. The molecule has 5 heteroatoms. The number of nitrogens with zero attached hydrogens (tertiary/aromatic N) is 2. The number of amides is 2. The molecule has 2 aliphatic rings. The van der Waals surface area contributed by atoms with E-state index >= 15 is 0 Å². The van der Waals surface area contributed by atoms with Crippen molar-refractivity contribution < 1.29 is 9.18 Å². The molecule has 0 aromatic heterocycles. The van der Waals surface area contributed by atoms with E-state index in [4.69, 9.17) is 0 Å². The molecule has 1 aromatic rings. The number of urea groups is 1. The summed E-state index contributed by atoms with van der Waals surface area (Å²) in [4.78, 5) is 15.9. The highest BCUT2D eigenvalue weighted by Crippen LogP contribution is 2.21. The number of halogens is 1. The fraction of sp³-hybridized carbons (Fsp3) is 0.533. The second-order valence-corrected chi connectivity index (χ2v) is 5.50. The first-order chi connectivity index (χ1) is 9.74. The lowest BCUT2D eigenvalue weighted by molar-refractivity contribution is 0.183. The van der Waals surface area contributed by atoms with Crippen molar-refractivity contribution in [3.63, 3.8) is 0 Å². The van der Waals surface area contributed by atoms with Crippen molar-refractivity contribution in [3.8, 4) is 0 Å². The quantitative estimate of drug-likeness (QED) is 0.899. The number of carbonyl (C=O) groups is 1. The van der Waals surface area contributed by atoms with Crippen molar-refractivity contribution in [2.75, 3.05) is 31.1 Å². The number of hydrogen-bond donors (Lipinski definition) is 1. The molecule has 0 radical (unpaired) electrons. The number of hydrogen-bond acceptors (Lipinski definition) is 2. The van der Waals surface area contributed by atoms with Gasteiger partial charge < -0.3 is 15.1 Å². The summed E-state index contributed by atoms with van der Waals surface area (Å²) in [5.74, 6) is -0.195. The van der Waals surface area contributed by atoms with Gasteiger partial charge in [0.15, 0.2) is 0 Å². The van der Waals surface area contributed by atoms with Gasteiger partial charge in [0.25, 0.3) is 0 Å². The molecule has 2 fully saturated rings. The van der Waals surface area contributed by atoms with Crippen LogP contribution in [-0.2, 0) is 0 Å². The van der Waals surface area contributed by atoms with Crippen LogP contribution in [0.3, 0.4) is 0 Å². The van der Waals surface area contributed by atoms with Crippen LogP contribution in [0.4, 0.5) is 14.9 Å². The van der Waals surface area contributed by atoms with Crippen LogP contribution >= 0.6 is 0 Å². The predicted molar refractivity (Wildman–Crippen MR) is 76.4 cm³/mol.